The lowest BCUT2D eigenvalue weighted by Gasteiger charge is -2.09. The first-order chi connectivity index (χ1) is 13.1. The minimum atomic E-state index is 1.25. The highest BCUT2D eigenvalue weighted by Gasteiger charge is 2.04. The van der Waals surface area contributed by atoms with E-state index in [-0.39, 0.29) is 0 Å². The van der Waals surface area contributed by atoms with Gasteiger partial charge in [-0.15, -0.1) is 0 Å². The van der Waals surface area contributed by atoms with Crippen molar-refractivity contribution in [2.75, 3.05) is 0 Å². The monoisotopic (exact) mass is 348 g/mol. The van der Waals surface area contributed by atoms with E-state index >= 15 is 0 Å². The first kappa shape index (κ1) is 17.3. The van der Waals surface area contributed by atoms with Gasteiger partial charge in [-0.05, 0) is 60.2 Å². The van der Waals surface area contributed by atoms with Gasteiger partial charge in [0.2, 0.25) is 0 Å². The maximum atomic E-state index is 2.29. The Morgan fingerprint density at radius 3 is 1.33 bits per heavy atom. The Morgan fingerprint density at radius 1 is 0.333 bits per heavy atom. The zero-order chi connectivity index (χ0) is 18.8. The van der Waals surface area contributed by atoms with Crippen LogP contribution in [0.15, 0.2) is 91.0 Å². The highest BCUT2D eigenvalue weighted by molar-refractivity contribution is 5.75. The molecule has 0 heteroatoms. The zero-order valence-corrected chi connectivity index (χ0v) is 16.2. The number of hydrogen-bond acceptors (Lipinski definition) is 0. The smallest absolute Gasteiger partial charge is 0.0178 e. The molecule has 4 aromatic rings. The van der Waals surface area contributed by atoms with Gasteiger partial charge in [-0.1, -0.05) is 102 Å². The van der Waals surface area contributed by atoms with Crippen LogP contribution in [0, 0.1) is 20.8 Å². The average Bonchev–Trinajstić information content (AvgIpc) is 2.67. The molecule has 0 heterocycles. The van der Waals surface area contributed by atoms with Gasteiger partial charge in [-0.2, -0.15) is 0 Å². The normalized spacial score (nSPS) is 10.8. The molecular weight excluding hydrogens is 324 g/mol. The Balaban J connectivity index is 1.68. The molecule has 0 aromatic heterocycles. The standard InChI is InChI=1S/C27H24/c1-19-6-4-7-24(15-19)22-10-12-23(13-11-22)25-8-5-9-26(18-25)27-16-20(2)14-21(3)17-27/h4-18H,1-3H3. The maximum absolute atomic E-state index is 2.29. The van der Waals surface area contributed by atoms with Gasteiger partial charge in [0, 0.05) is 0 Å². The van der Waals surface area contributed by atoms with Crippen molar-refractivity contribution in [3.8, 4) is 33.4 Å². The van der Waals surface area contributed by atoms with Gasteiger partial charge in [0.15, 0.2) is 0 Å². The van der Waals surface area contributed by atoms with Crippen molar-refractivity contribution < 1.29 is 0 Å². The predicted molar refractivity (Wildman–Crippen MR) is 117 cm³/mol. The Hall–Kier alpha value is -3.12. The van der Waals surface area contributed by atoms with Crippen molar-refractivity contribution in [3.05, 3.63) is 108 Å². The second-order valence-corrected chi connectivity index (χ2v) is 7.40. The van der Waals surface area contributed by atoms with Crippen LogP contribution in [0.4, 0.5) is 0 Å². The van der Waals surface area contributed by atoms with Crippen LogP contribution in [0.1, 0.15) is 16.7 Å². The lowest BCUT2D eigenvalue weighted by atomic mass is 9.95. The highest BCUT2D eigenvalue weighted by Crippen LogP contribution is 2.29. The third kappa shape index (κ3) is 3.85. The van der Waals surface area contributed by atoms with Crippen LogP contribution in [-0.2, 0) is 0 Å². The van der Waals surface area contributed by atoms with E-state index in [1.807, 2.05) is 0 Å². The van der Waals surface area contributed by atoms with Crippen molar-refractivity contribution in [3.63, 3.8) is 0 Å². The summed E-state index contributed by atoms with van der Waals surface area (Å²) in [5, 5.41) is 0. The molecule has 0 N–H and O–H groups in total. The summed E-state index contributed by atoms with van der Waals surface area (Å²) >= 11 is 0. The third-order valence-electron chi connectivity index (χ3n) is 4.99. The second kappa shape index (κ2) is 7.25. The molecule has 0 nitrogen and oxygen atoms in total. The number of aryl methyl sites for hydroxylation is 3. The Labute approximate surface area is 162 Å². The van der Waals surface area contributed by atoms with E-state index in [0.717, 1.165) is 0 Å². The fraction of sp³-hybridized carbons (Fsp3) is 0.111. The molecule has 0 aliphatic heterocycles. The van der Waals surface area contributed by atoms with Gasteiger partial charge >= 0.3 is 0 Å². The highest BCUT2D eigenvalue weighted by atomic mass is 14.1. The molecular formula is C27H24. The van der Waals surface area contributed by atoms with Gasteiger partial charge in [-0.25, -0.2) is 0 Å². The first-order valence-electron chi connectivity index (χ1n) is 9.45. The van der Waals surface area contributed by atoms with Gasteiger partial charge in [-0.3, -0.25) is 0 Å². The van der Waals surface area contributed by atoms with Gasteiger partial charge in [0.1, 0.15) is 0 Å². The number of hydrogen-bond donors (Lipinski definition) is 0. The SMILES string of the molecule is Cc1cccc(-c2ccc(-c3cccc(-c4cc(C)cc(C)c4)c3)cc2)c1. The number of rotatable bonds is 3. The largest absolute Gasteiger partial charge is 0.0614 e. The van der Waals surface area contributed by atoms with Gasteiger partial charge in [0.05, 0.1) is 0 Å². The predicted octanol–water partition coefficient (Wildman–Crippen LogP) is 7.61. The first-order valence-corrected chi connectivity index (χ1v) is 9.45. The van der Waals surface area contributed by atoms with E-state index in [2.05, 4.69) is 112 Å². The summed E-state index contributed by atoms with van der Waals surface area (Å²) in [6.45, 7) is 6.45. The van der Waals surface area contributed by atoms with E-state index in [1.54, 1.807) is 0 Å². The molecule has 0 saturated carbocycles. The van der Waals surface area contributed by atoms with Crippen LogP contribution < -0.4 is 0 Å². The van der Waals surface area contributed by atoms with Crippen LogP contribution in [0.25, 0.3) is 33.4 Å². The minimum absolute atomic E-state index is 1.25. The van der Waals surface area contributed by atoms with Crippen molar-refractivity contribution in [1.82, 2.24) is 0 Å². The summed E-state index contributed by atoms with van der Waals surface area (Å²) < 4.78 is 0. The molecule has 4 aromatic carbocycles. The molecule has 27 heavy (non-hydrogen) atoms. The Kier molecular flexibility index (Phi) is 4.64. The molecule has 0 atom stereocenters. The van der Waals surface area contributed by atoms with Crippen molar-refractivity contribution in [1.29, 1.82) is 0 Å². The molecule has 4 rings (SSSR count). The zero-order valence-electron chi connectivity index (χ0n) is 16.2. The lowest BCUT2D eigenvalue weighted by molar-refractivity contribution is 1.38. The van der Waals surface area contributed by atoms with Crippen LogP contribution >= 0.6 is 0 Å². The summed E-state index contributed by atoms with van der Waals surface area (Å²) in [6, 6.07) is 33.1. The molecule has 0 fully saturated rings. The van der Waals surface area contributed by atoms with E-state index < -0.39 is 0 Å². The van der Waals surface area contributed by atoms with E-state index in [4.69, 9.17) is 0 Å². The maximum Gasteiger partial charge on any atom is -0.0178 e. The van der Waals surface area contributed by atoms with Crippen molar-refractivity contribution in [2.24, 2.45) is 0 Å². The van der Waals surface area contributed by atoms with Gasteiger partial charge in [0.25, 0.3) is 0 Å². The molecule has 0 bridgehead atoms. The lowest BCUT2D eigenvalue weighted by Crippen LogP contribution is -1.85. The Morgan fingerprint density at radius 2 is 0.778 bits per heavy atom. The summed E-state index contributed by atoms with van der Waals surface area (Å²) in [6.07, 6.45) is 0. The molecule has 0 unspecified atom stereocenters. The quantitative estimate of drug-likeness (QED) is 0.357. The summed E-state index contributed by atoms with van der Waals surface area (Å²) in [7, 11) is 0. The topological polar surface area (TPSA) is 0 Å². The van der Waals surface area contributed by atoms with Crippen LogP contribution in [-0.4, -0.2) is 0 Å². The average molecular weight is 348 g/mol. The molecule has 0 radical (unpaired) electrons. The molecule has 0 aliphatic rings. The third-order valence-corrected chi connectivity index (χ3v) is 4.99. The number of benzene rings is 4. The minimum Gasteiger partial charge on any atom is -0.0614 e. The van der Waals surface area contributed by atoms with Crippen molar-refractivity contribution in [2.45, 2.75) is 20.8 Å². The molecule has 0 saturated heterocycles. The van der Waals surface area contributed by atoms with E-state index in [1.165, 1.54) is 50.1 Å². The summed E-state index contributed by atoms with van der Waals surface area (Å²) in [5.41, 5.74) is 11.5. The van der Waals surface area contributed by atoms with Crippen LogP contribution in [0.5, 0.6) is 0 Å². The van der Waals surface area contributed by atoms with Crippen LogP contribution in [0.2, 0.25) is 0 Å². The van der Waals surface area contributed by atoms with Crippen molar-refractivity contribution >= 4 is 0 Å². The second-order valence-electron chi connectivity index (χ2n) is 7.40. The summed E-state index contributed by atoms with van der Waals surface area (Å²) in [5.74, 6) is 0. The van der Waals surface area contributed by atoms with Crippen LogP contribution in [0.3, 0.4) is 0 Å². The molecule has 0 aliphatic carbocycles. The molecule has 0 spiro atoms. The fourth-order valence-corrected chi connectivity index (χ4v) is 3.70. The van der Waals surface area contributed by atoms with E-state index in [9.17, 15) is 0 Å². The fourth-order valence-electron chi connectivity index (χ4n) is 3.70. The molecule has 0 amide bonds. The Bertz CT molecular complexity index is 1060. The van der Waals surface area contributed by atoms with Gasteiger partial charge < -0.3 is 0 Å². The molecule has 132 valence electrons. The summed E-state index contributed by atoms with van der Waals surface area (Å²) in [4.78, 5) is 0. The van der Waals surface area contributed by atoms with E-state index in [0.29, 0.717) is 0 Å².